The minimum Gasteiger partial charge on any atom is -0.459 e. The van der Waals surface area contributed by atoms with Crippen LogP contribution in [0, 0.1) is 0 Å². The molecule has 6 nitrogen and oxygen atoms in total. The number of carbonyl (C=O) groups is 2. The van der Waals surface area contributed by atoms with E-state index in [4.69, 9.17) is 4.42 Å². The second-order valence-corrected chi connectivity index (χ2v) is 5.91. The van der Waals surface area contributed by atoms with Crippen LogP contribution in [0.15, 0.2) is 47.1 Å². The topological polar surface area (TPSA) is 74.6 Å². The van der Waals surface area contributed by atoms with Gasteiger partial charge >= 0.3 is 0 Å². The Morgan fingerprint density at radius 1 is 1.08 bits per heavy atom. The lowest BCUT2D eigenvalue weighted by Crippen LogP contribution is -2.39. The zero-order chi connectivity index (χ0) is 16.9. The van der Waals surface area contributed by atoms with Gasteiger partial charge in [-0.05, 0) is 56.2 Å². The molecule has 2 aromatic rings. The van der Waals surface area contributed by atoms with Crippen LogP contribution in [0.2, 0.25) is 0 Å². The van der Waals surface area contributed by atoms with Gasteiger partial charge < -0.3 is 20.0 Å². The lowest BCUT2D eigenvalue weighted by atomic mass is 10.2. The van der Waals surface area contributed by atoms with Gasteiger partial charge in [0, 0.05) is 24.5 Å². The fourth-order valence-electron chi connectivity index (χ4n) is 2.77. The molecule has 1 aliphatic rings. The average Bonchev–Trinajstić information content (AvgIpc) is 3.29. The van der Waals surface area contributed by atoms with Crippen molar-refractivity contribution in [3.8, 4) is 0 Å². The first-order valence-electron chi connectivity index (χ1n) is 8.14. The van der Waals surface area contributed by atoms with Crippen molar-refractivity contribution in [2.45, 2.75) is 25.8 Å². The molecule has 0 unspecified atom stereocenters. The molecule has 1 fully saturated rings. The Bertz CT molecular complexity index is 689. The van der Waals surface area contributed by atoms with Crippen LogP contribution in [0.5, 0.6) is 0 Å². The maximum Gasteiger partial charge on any atom is 0.291 e. The molecule has 2 heterocycles. The number of carbonyl (C=O) groups excluding carboxylic acids is 2. The van der Waals surface area contributed by atoms with Gasteiger partial charge in [-0.15, -0.1) is 0 Å². The van der Waals surface area contributed by atoms with E-state index in [1.165, 1.54) is 6.26 Å². The summed E-state index contributed by atoms with van der Waals surface area (Å²) in [7, 11) is 0. The number of anilines is 2. The zero-order valence-electron chi connectivity index (χ0n) is 13.6. The van der Waals surface area contributed by atoms with Crippen LogP contribution in [-0.2, 0) is 4.79 Å². The highest BCUT2D eigenvalue weighted by atomic mass is 16.3. The quantitative estimate of drug-likeness (QED) is 0.885. The van der Waals surface area contributed by atoms with Gasteiger partial charge in [0.15, 0.2) is 5.76 Å². The lowest BCUT2D eigenvalue weighted by Gasteiger charge is -2.22. The van der Waals surface area contributed by atoms with Gasteiger partial charge in [-0.2, -0.15) is 0 Å². The summed E-state index contributed by atoms with van der Waals surface area (Å²) in [4.78, 5) is 26.1. The van der Waals surface area contributed by atoms with E-state index in [-0.39, 0.29) is 23.6 Å². The molecule has 0 bridgehead atoms. The number of furan rings is 1. The van der Waals surface area contributed by atoms with E-state index in [0.717, 1.165) is 31.6 Å². The fraction of sp³-hybridized carbons (Fsp3) is 0.333. The van der Waals surface area contributed by atoms with Crippen molar-refractivity contribution in [1.29, 1.82) is 0 Å². The lowest BCUT2D eigenvalue weighted by molar-refractivity contribution is -0.130. The molecular weight excluding hydrogens is 306 g/mol. The van der Waals surface area contributed by atoms with E-state index >= 15 is 0 Å². The molecule has 126 valence electrons. The molecule has 1 saturated heterocycles. The molecule has 3 rings (SSSR count). The Labute approximate surface area is 140 Å². The third kappa shape index (κ3) is 3.76. The highest BCUT2D eigenvalue weighted by Gasteiger charge is 2.22. The summed E-state index contributed by atoms with van der Waals surface area (Å²) in [5, 5.41) is 5.96. The zero-order valence-corrected chi connectivity index (χ0v) is 13.6. The summed E-state index contributed by atoms with van der Waals surface area (Å²) in [5.74, 6) is 0.100. The van der Waals surface area contributed by atoms with Crippen molar-refractivity contribution in [1.82, 2.24) is 4.90 Å². The van der Waals surface area contributed by atoms with Crippen LogP contribution in [0.4, 0.5) is 11.4 Å². The Morgan fingerprint density at radius 2 is 1.75 bits per heavy atom. The van der Waals surface area contributed by atoms with Crippen LogP contribution in [0.25, 0.3) is 0 Å². The first kappa shape index (κ1) is 16.1. The van der Waals surface area contributed by atoms with Crippen molar-refractivity contribution < 1.29 is 14.0 Å². The molecular formula is C18H21N3O3. The van der Waals surface area contributed by atoms with E-state index in [2.05, 4.69) is 10.6 Å². The summed E-state index contributed by atoms with van der Waals surface area (Å²) < 4.78 is 5.05. The van der Waals surface area contributed by atoms with Gasteiger partial charge in [0.2, 0.25) is 5.91 Å². The molecule has 1 atom stereocenters. The van der Waals surface area contributed by atoms with Crippen LogP contribution >= 0.6 is 0 Å². The third-order valence-electron chi connectivity index (χ3n) is 4.06. The smallest absolute Gasteiger partial charge is 0.291 e. The molecule has 1 aromatic heterocycles. The number of nitrogens with one attached hydrogen (secondary N) is 2. The molecule has 1 aliphatic heterocycles. The van der Waals surface area contributed by atoms with Crippen molar-refractivity contribution in [3.05, 3.63) is 48.4 Å². The van der Waals surface area contributed by atoms with Gasteiger partial charge in [-0.25, -0.2) is 0 Å². The number of hydrogen-bond donors (Lipinski definition) is 2. The predicted molar refractivity (Wildman–Crippen MR) is 92.0 cm³/mol. The van der Waals surface area contributed by atoms with Gasteiger partial charge in [0.1, 0.15) is 6.04 Å². The van der Waals surface area contributed by atoms with E-state index in [1.807, 2.05) is 24.0 Å². The summed E-state index contributed by atoms with van der Waals surface area (Å²) >= 11 is 0. The second kappa shape index (κ2) is 7.21. The number of likely N-dealkylation sites (tertiary alicyclic amines) is 1. The predicted octanol–water partition coefficient (Wildman–Crippen LogP) is 2.95. The van der Waals surface area contributed by atoms with Gasteiger partial charge in [-0.1, -0.05) is 0 Å². The highest BCUT2D eigenvalue weighted by molar-refractivity contribution is 6.02. The highest BCUT2D eigenvalue weighted by Crippen LogP contribution is 2.17. The molecule has 0 radical (unpaired) electrons. The normalized spacial score (nSPS) is 15.1. The van der Waals surface area contributed by atoms with E-state index in [9.17, 15) is 9.59 Å². The largest absolute Gasteiger partial charge is 0.459 e. The van der Waals surface area contributed by atoms with Crippen LogP contribution in [-0.4, -0.2) is 35.8 Å². The van der Waals surface area contributed by atoms with Crippen molar-refractivity contribution in [2.24, 2.45) is 0 Å². The van der Waals surface area contributed by atoms with E-state index in [0.29, 0.717) is 5.69 Å². The van der Waals surface area contributed by atoms with Crippen LogP contribution in [0.3, 0.4) is 0 Å². The molecule has 1 aromatic carbocycles. The molecule has 2 N–H and O–H groups in total. The standard InChI is InChI=1S/C18H21N3O3/c1-13(18(23)21-10-2-3-11-21)19-14-6-8-15(9-7-14)20-17(22)16-5-4-12-24-16/h4-9,12-13,19H,2-3,10-11H2,1H3,(H,20,22)/t13-/m0/s1. The van der Waals surface area contributed by atoms with Gasteiger partial charge in [0.25, 0.3) is 5.91 Å². The minimum absolute atomic E-state index is 0.127. The van der Waals surface area contributed by atoms with Crippen molar-refractivity contribution in [3.63, 3.8) is 0 Å². The number of amides is 2. The van der Waals surface area contributed by atoms with Crippen molar-refractivity contribution >= 4 is 23.2 Å². The first-order chi connectivity index (χ1) is 11.6. The van der Waals surface area contributed by atoms with Crippen LogP contribution in [0.1, 0.15) is 30.3 Å². The Balaban J connectivity index is 1.56. The minimum atomic E-state index is -0.293. The first-order valence-corrected chi connectivity index (χ1v) is 8.14. The molecule has 2 amide bonds. The van der Waals surface area contributed by atoms with Gasteiger partial charge in [-0.3, -0.25) is 9.59 Å². The molecule has 0 aliphatic carbocycles. The SMILES string of the molecule is C[C@H](Nc1ccc(NC(=O)c2ccco2)cc1)C(=O)N1CCCC1. The summed E-state index contributed by atoms with van der Waals surface area (Å²) in [6.45, 7) is 3.57. The summed E-state index contributed by atoms with van der Waals surface area (Å²) in [6, 6.07) is 10.3. The third-order valence-corrected chi connectivity index (χ3v) is 4.06. The van der Waals surface area contributed by atoms with E-state index in [1.54, 1.807) is 24.3 Å². The number of hydrogen-bond acceptors (Lipinski definition) is 4. The fourth-order valence-corrected chi connectivity index (χ4v) is 2.77. The van der Waals surface area contributed by atoms with Gasteiger partial charge in [0.05, 0.1) is 6.26 Å². The summed E-state index contributed by atoms with van der Waals surface area (Å²) in [5.41, 5.74) is 1.51. The maximum atomic E-state index is 12.3. The van der Waals surface area contributed by atoms with E-state index < -0.39 is 0 Å². The number of benzene rings is 1. The van der Waals surface area contributed by atoms with Crippen LogP contribution < -0.4 is 10.6 Å². The average molecular weight is 327 g/mol. The Hall–Kier alpha value is -2.76. The maximum absolute atomic E-state index is 12.3. The molecule has 0 spiro atoms. The van der Waals surface area contributed by atoms with Crippen molar-refractivity contribution in [2.75, 3.05) is 23.7 Å². The second-order valence-electron chi connectivity index (χ2n) is 5.91. The Kier molecular flexibility index (Phi) is 4.84. The number of nitrogens with zero attached hydrogens (tertiary/aromatic N) is 1. The molecule has 24 heavy (non-hydrogen) atoms. The summed E-state index contributed by atoms with van der Waals surface area (Å²) in [6.07, 6.45) is 3.63. The monoisotopic (exact) mass is 327 g/mol. The number of rotatable bonds is 5. The molecule has 6 heteroatoms. The molecule has 0 saturated carbocycles. The Morgan fingerprint density at radius 3 is 2.38 bits per heavy atom.